The molecule has 2 aromatic rings. The van der Waals surface area contributed by atoms with Crippen LogP contribution in [0.5, 0.6) is 0 Å². The van der Waals surface area contributed by atoms with E-state index < -0.39 is 5.97 Å². The van der Waals surface area contributed by atoms with Gasteiger partial charge in [0.25, 0.3) is 0 Å². The second-order valence-corrected chi connectivity index (χ2v) is 7.96. The van der Waals surface area contributed by atoms with E-state index in [1.807, 2.05) is 6.26 Å². The lowest BCUT2D eigenvalue weighted by Crippen LogP contribution is -2.31. The molecule has 1 heterocycles. The van der Waals surface area contributed by atoms with Crippen molar-refractivity contribution in [1.29, 1.82) is 0 Å². The number of fused-ring (bicyclic) bond motifs is 1. The molecule has 0 bridgehead atoms. The van der Waals surface area contributed by atoms with Crippen molar-refractivity contribution in [1.82, 2.24) is 5.32 Å². The van der Waals surface area contributed by atoms with Gasteiger partial charge in [-0.1, -0.05) is 6.07 Å². The Hall–Kier alpha value is -1.11. The molecule has 0 unspecified atom stereocenters. The fourth-order valence-electron chi connectivity index (χ4n) is 2.07. The lowest BCUT2D eigenvalue weighted by atomic mass is 10.1. The summed E-state index contributed by atoms with van der Waals surface area (Å²) in [6.07, 6.45) is 2.03. The van der Waals surface area contributed by atoms with E-state index in [1.165, 1.54) is 6.07 Å². The van der Waals surface area contributed by atoms with E-state index in [0.717, 1.165) is 17.9 Å². The Labute approximate surface area is 131 Å². The van der Waals surface area contributed by atoms with Crippen LogP contribution in [0.4, 0.5) is 4.39 Å². The van der Waals surface area contributed by atoms with Crippen molar-refractivity contribution in [2.75, 3.05) is 12.8 Å². The number of benzene rings is 1. The molecule has 0 fully saturated rings. The van der Waals surface area contributed by atoms with E-state index in [-0.39, 0.29) is 15.4 Å². The summed E-state index contributed by atoms with van der Waals surface area (Å²) in [6, 6.07) is 4.73. The van der Waals surface area contributed by atoms with Gasteiger partial charge in [0.15, 0.2) is 0 Å². The summed E-state index contributed by atoms with van der Waals surface area (Å²) in [5.41, 5.74) is 0.539. The Morgan fingerprint density at radius 3 is 2.81 bits per heavy atom. The number of hydrogen-bond acceptors (Lipinski definition) is 4. The maximum atomic E-state index is 14.0. The number of aromatic carboxylic acids is 1. The maximum Gasteiger partial charge on any atom is 0.346 e. The number of carbonyl (C=O) groups is 1. The van der Waals surface area contributed by atoms with Crippen molar-refractivity contribution in [3.8, 4) is 0 Å². The molecule has 21 heavy (non-hydrogen) atoms. The fourth-order valence-corrected chi connectivity index (χ4v) is 3.39. The molecule has 0 saturated carbocycles. The van der Waals surface area contributed by atoms with Crippen LogP contribution < -0.4 is 5.32 Å². The van der Waals surface area contributed by atoms with E-state index in [2.05, 4.69) is 19.2 Å². The highest BCUT2D eigenvalue weighted by Crippen LogP contribution is 2.33. The summed E-state index contributed by atoms with van der Waals surface area (Å²) in [5, 5.41) is 13.0. The number of nitrogens with one attached hydrogen (secondary N) is 1. The topological polar surface area (TPSA) is 49.3 Å². The minimum absolute atomic E-state index is 0.0494. The normalized spacial score (nSPS) is 12.0. The van der Waals surface area contributed by atoms with E-state index in [1.54, 1.807) is 23.9 Å². The van der Waals surface area contributed by atoms with Gasteiger partial charge in [-0.2, -0.15) is 11.8 Å². The number of rotatable bonds is 6. The number of carboxylic acids is 1. The molecule has 6 heteroatoms. The zero-order chi connectivity index (χ0) is 15.6. The third-order valence-electron chi connectivity index (χ3n) is 3.36. The smallest absolute Gasteiger partial charge is 0.346 e. The highest BCUT2D eigenvalue weighted by molar-refractivity contribution is 7.99. The van der Waals surface area contributed by atoms with Crippen molar-refractivity contribution in [2.24, 2.45) is 0 Å². The van der Waals surface area contributed by atoms with Crippen molar-refractivity contribution >= 4 is 39.2 Å². The average Bonchev–Trinajstić information content (AvgIpc) is 2.79. The highest BCUT2D eigenvalue weighted by Gasteiger charge is 2.21. The summed E-state index contributed by atoms with van der Waals surface area (Å²) >= 11 is 2.86. The monoisotopic (exact) mass is 327 g/mol. The van der Waals surface area contributed by atoms with Gasteiger partial charge in [-0.3, -0.25) is 0 Å². The molecule has 0 aliphatic rings. The maximum absolute atomic E-state index is 14.0. The van der Waals surface area contributed by atoms with E-state index in [4.69, 9.17) is 0 Å². The first-order valence-electron chi connectivity index (χ1n) is 6.55. The first-order chi connectivity index (χ1) is 9.85. The van der Waals surface area contributed by atoms with Gasteiger partial charge in [-0.15, -0.1) is 11.3 Å². The molecule has 2 rings (SSSR count). The molecule has 3 nitrogen and oxygen atoms in total. The first kappa shape index (κ1) is 16.3. The predicted molar refractivity (Wildman–Crippen MR) is 88.0 cm³/mol. The van der Waals surface area contributed by atoms with Gasteiger partial charge in [0.05, 0.1) is 0 Å². The first-order valence-corrected chi connectivity index (χ1v) is 8.59. The van der Waals surface area contributed by atoms with Gasteiger partial charge in [-0.05, 0) is 32.2 Å². The lowest BCUT2D eigenvalue weighted by molar-refractivity contribution is 0.0701. The van der Waals surface area contributed by atoms with Crippen molar-refractivity contribution in [2.45, 2.75) is 25.1 Å². The van der Waals surface area contributed by atoms with Crippen LogP contribution in [0.15, 0.2) is 18.2 Å². The van der Waals surface area contributed by atoms with Crippen LogP contribution in [0.25, 0.3) is 10.1 Å². The fraction of sp³-hybridized carbons (Fsp3) is 0.400. The van der Waals surface area contributed by atoms with Crippen LogP contribution in [0, 0.1) is 5.82 Å². The Balaban J connectivity index is 2.33. The minimum atomic E-state index is -1.00. The summed E-state index contributed by atoms with van der Waals surface area (Å²) in [6.45, 7) is 5.29. The summed E-state index contributed by atoms with van der Waals surface area (Å²) in [7, 11) is 0. The average molecular weight is 327 g/mol. The Morgan fingerprint density at radius 1 is 1.48 bits per heavy atom. The number of halogens is 1. The summed E-state index contributed by atoms with van der Waals surface area (Å²) < 4.78 is 14.8. The molecular formula is C15H18FNO2S2. The highest BCUT2D eigenvalue weighted by atomic mass is 32.2. The number of hydrogen-bond donors (Lipinski definition) is 2. The van der Waals surface area contributed by atoms with Gasteiger partial charge >= 0.3 is 5.97 Å². The summed E-state index contributed by atoms with van der Waals surface area (Å²) in [4.78, 5) is 11.6. The molecule has 2 N–H and O–H groups in total. The molecule has 1 aromatic heterocycles. The molecule has 0 aliphatic heterocycles. The van der Waals surface area contributed by atoms with Gasteiger partial charge in [0, 0.05) is 33.5 Å². The van der Waals surface area contributed by atoms with Crippen molar-refractivity contribution in [3.63, 3.8) is 0 Å². The molecule has 0 radical (unpaired) electrons. The molecule has 0 atom stereocenters. The number of carboxylic acid groups (broad SMARTS) is 1. The summed E-state index contributed by atoms with van der Waals surface area (Å²) in [5.74, 6) is -1.37. The molecular weight excluding hydrogens is 309 g/mol. The molecule has 0 amide bonds. The largest absolute Gasteiger partial charge is 0.477 e. The zero-order valence-corrected chi connectivity index (χ0v) is 13.8. The van der Waals surface area contributed by atoms with Crippen molar-refractivity contribution < 1.29 is 14.3 Å². The van der Waals surface area contributed by atoms with E-state index >= 15 is 0 Å². The third-order valence-corrected chi connectivity index (χ3v) is 5.80. The van der Waals surface area contributed by atoms with Crippen LogP contribution in [-0.2, 0) is 6.54 Å². The third kappa shape index (κ3) is 3.56. The minimum Gasteiger partial charge on any atom is -0.477 e. The van der Waals surface area contributed by atoms with Crippen LogP contribution in [0.1, 0.15) is 29.1 Å². The second-order valence-electron chi connectivity index (χ2n) is 5.40. The molecule has 114 valence electrons. The Bertz CT molecular complexity index is 667. The SMILES string of the molecule is CSC(C)(C)CNCc1c(C(=O)O)sc2cccc(F)c12. The van der Waals surface area contributed by atoms with Crippen LogP contribution in [0.2, 0.25) is 0 Å². The molecule has 1 aromatic carbocycles. The van der Waals surface area contributed by atoms with Gasteiger partial charge < -0.3 is 10.4 Å². The second kappa shape index (κ2) is 6.34. The van der Waals surface area contributed by atoms with Gasteiger partial charge in [0.1, 0.15) is 10.7 Å². The lowest BCUT2D eigenvalue weighted by Gasteiger charge is -2.22. The quantitative estimate of drug-likeness (QED) is 0.843. The zero-order valence-electron chi connectivity index (χ0n) is 12.2. The van der Waals surface area contributed by atoms with E-state index in [9.17, 15) is 14.3 Å². The standard InChI is InChI=1S/C15H18FNO2S2/c1-15(2,20-3)8-17-7-9-12-10(16)5-4-6-11(12)21-13(9)14(18)19/h4-6,17H,7-8H2,1-3H3,(H,18,19). The molecule has 0 spiro atoms. The molecule has 0 aliphatic carbocycles. The Morgan fingerprint density at radius 2 is 2.19 bits per heavy atom. The van der Waals surface area contributed by atoms with Crippen LogP contribution in [0.3, 0.4) is 0 Å². The van der Waals surface area contributed by atoms with E-state index in [0.29, 0.717) is 22.2 Å². The van der Waals surface area contributed by atoms with Crippen LogP contribution >= 0.6 is 23.1 Å². The number of thiophene rings is 1. The van der Waals surface area contributed by atoms with Gasteiger partial charge in [0.2, 0.25) is 0 Å². The predicted octanol–water partition coefficient (Wildman–Crippen LogP) is 3.97. The Kier molecular flexibility index (Phi) is 4.91. The van der Waals surface area contributed by atoms with Gasteiger partial charge in [-0.25, -0.2) is 9.18 Å². The van der Waals surface area contributed by atoms with Crippen molar-refractivity contribution in [3.05, 3.63) is 34.5 Å². The molecule has 0 saturated heterocycles. The number of thioether (sulfide) groups is 1. The van der Waals surface area contributed by atoms with Crippen LogP contribution in [-0.4, -0.2) is 28.6 Å².